The number of nitrogens with one attached hydrogen (secondary N) is 1. The highest BCUT2D eigenvalue weighted by Gasteiger charge is 2.21. The van der Waals surface area contributed by atoms with E-state index in [9.17, 15) is 0 Å². The first-order valence-corrected chi connectivity index (χ1v) is 11.1. The zero-order chi connectivity index (χ0) is 21.8. The fraction of sp³-hybridized carbons (Fsp3) is 0.269. The zero-order valence-corrected chi connectivity index (χ0v) is 18.1. The monoisotopic (exact) mass is 425 g/mol. The average Bonchev–Trinajstić information content (AvgIpc) is 3.28. The predicted molar refractivity (Wildman–Crippen MR) is 127 cm³/mol. The summed E-state index contributed by atoms with van der Waals surface area (Å²) in [5.41, 5.74) is 8.20. The van der Waals surface area contributed by atoms with Gasteiger partial charge in [-0.25, -0.2) is 0 Å². The van der Waals surface area contributed by atoms with Crippen molar-refractivity contribution in [1.29, 1.82) is 0 Å². The second-order valence-electron chi connectivity index (χ2n) is 8.05. The van der Waals surface area contributed by atoms with Crippen molar-refractivity contribution in [2.75, 3.05) is 37.7 Å². The number of hydrogen-bond donors (Lipinski definition) is 1. The van der Waals surface area contributed by atoms with E-state index in [0.29, 0.717) is 0 Å². The Kier molecular flexibility index (Phi) is 5.94. The molecule has 32 heavy (non-hydrogen) atoms. The number of rotatable bonds is 7. The number of ether oxygens (including phenoxy) is 1. The van der Waals surface area contributed by atoms with Crippen LogP contribution in [0, 0.1) is 0 Å². The molecule has 0 spiro atoms. The van der Waals surface area contributed by atoms with E-state index in [0.717, 1.165) is 85.3 Å². The van der Waals surface area contributed by atoms with Gasteiger partial charge in [0.25, 0.3) is 0 Å². The van der Waals surface area contributed by atoms with Gasteiger partial charge in [-0.05, 0) is 30.2 Å². The van der Waals surface area contributed by atoms with Gasteiger partial charge in [-0.3, -0.25) is 4.98 Å². The Morgan fingerprint density at radius 1 is 1.06 bits per heavy atom. The van der Waals surface area contributed by atoms with Crippen molar-refractivity contribution < 1.29 is 4.74 Å². The molecule has 162 valence electrons. The summed E-state index contributed by atoms with van der Waals surface area (Å²) in [4.78, 5) is 7.03. The van der Waals surface area contributed by atoms with Crippen LogP contribution in [0.4, 0.5) is 5.69 Å². The van der Waals surface area contributed by atoms with E-state index in [1.165, 1.54) is 5.56 Å². The van der Waals surface area contributed by atoms with Gasteiger partial charge in [0.05, 0.1) is 42.2 Å². The molecule has 0 amide bonds. The predicted octanol–water partition coefficient (Wildman–Crippen LogP) is 3.50. The van der Waals surface area contributed by atoms with Crippen molar-refractivity contribution in [1.82, 2.24) is 20.5 Å². The maximum absolute atomic E-state index is 5.48. The molecule has 0 saturated carbocycles. The van der Waals surface area contributed by atoms with Crippen molar-refractivity contribution in [3.05, 3.63) is 95.6 Å². The number of hydrogen-bond acceptors (Lipinski definition) is 6. The molecule has 2 aliphatic rings. The van der Waals surface area contributed by atoms with Crippen LogP contribution in [0.15, 0.2) is 67.4 Å². The van der Waals surface area contributed by atoms with Crippen molar-refractivity contribution >= 4 is 17.0 Å². The molecular weight excluding hydrogens is 398 g/mol. The highest BCUT2D eigenvalue weighted by atomic mass is 16.5. The maximum Gasteiger partial charge on any atom is 0.108 e. The smallest absolute Gasteiger partial charge is 0.108 e. The Labute approximate surface area is 188 Å². The average molecular weight is 426 g/mol. The molecule has 6 heteroatoms. The van der Waals surface area contributed by atoms with E-state index in [1.54, 1.807) is 0 Å². The van der Waals surface area contributed by atoms with Crippen molar-refractivity contribution in [3.8, 4) is 0 Å². The Morgan fingerprint density at radius 2 is 1.91 bits per heavy atom. The fourth-order valence-corrected chi connectivity index (χ4v) is 4.15. The highest BCUT2D eigenvalue weighted by Crippen LogP contribution is 2.33. The van der Waals surface area contributed by atoms with Crippen molar-refractivity contribution in [3.63, 3.8) is 0 Å². The molecule has 0 bridgehead atoms. The Balaban J connectivity index is 1.25. The number of benzene rings is 1. The summed E-state index contributed by atoms with van der Waals surface area (Å²) in [6.07, 6.45) is 5.93. The highest BCUT2D eigenvalue weighted by molar-refractivity contribution is 5.83. The van der Waals surface area contributed by atoms with Crippen LogP contribution >= 0.6 is 0 Å². The second-order valence-corrected chi connectivity index (χ2v) is 8.05. The van der Waals surface area contributed by atoms with Gasteiger partial charge >= 0.3 is 0 Å². The second kappa shape index (κ2) is 9.32. The molecule has 1 saturated heterocycles. The van der Waals surface area contributed by atoms with E-state index < -0.39 is 0 Å². The van der Waals surface area contributed by atoms with Crippen LogP contribution in [0.2, 0.25) is 0 Å². The lowest BCUT2D eigenvalue weighted by Crippen LogP contribution is -2.36. The summed E-state index contributed by atoms with van der Waals surface area (Å²) in [5, 5.41) is 12.3. The van der Waals surface area contributed by atoms with Crippen LogP contribution in [-0.4, -0.2) is 48.0 Å². The van der Waals surface area contributed by atoms with E-state index in [4.69, 9.17) is 9.72 Å². The number of pyridine rings is 1. The van der Waals surface area contributed by atoms with Crippen LogP contribution in [-0.2, 0) is 17.6 Å². The molecular formula is C26H27N5O. The molecule has 3 heterocycles. The van der Waals surface area contributed by atoms with Gasteiger partial charge in [-0.15, -0.1) is 10.2 Å². The lowest BCUT2D eigenvalue weighted by Gasteiger charge is -2.29. The molecule has 6 nitrogen and oxygen atoms in total. The third-order valence-corrected chi connectivity index (χ3v) is 5.97. The van der Waals surface area contributed by atoms with Gasteiger partial charge in [-0.2, -0.15) is 0 Å². The lowest BCUT2D eigenvalue weighted by molar-refractivity contribution is 0.122. The van der Waals surface area contributed by atoms with Gasteiger partial charge in [-0.1, -0.05) is 43.0 Å². The summed E-state index contributed by atoms with van der Waals surface area (Å²) in [6, 6.07) is 16.6. The summed E-state index contributed by atoms with van der Waals surface area (Å²) in [7, 11) is 0. The normalized spacial score (nSPS) is 15.2. The van der Waals surface area contributed by atoms with Gasteiger partial charge in [0.2, 0.25) is 0 Å². The molecule has 1 aliphatic carbocycles. The number of allylic oxidation sites excluding steroid dienone is 1. The number of nitrogens with zero attached hydrogens (tertiary/aromatic N) is 4. The van der Waals surface area contributed by atoms with E-state index in [1.807, 2.05) is 24.4 Å². The molecule has 0 atom stereocenters. The number of fused-ring (bicyclic) bond motifs is 1. The molecule has 2 aromatic heterocycles. The first kappa shape index (κ1) is 20.4. The van der Waals surface area contributed by atoms with Gasteiger partial charge in [0, 0.05) is 37.2 Å². The molecule has 5 rings (SSSR count). The van der Waals surface area contributed by atoms with E-state index >= 15 is 0 Å². The SMILES string of the molecule is C=C(NCCc1ccccc1)c1ccc(C2=CCc3ncc(N4CCOCC4)cc32)nn1. The topological polar surface area (TPSA) is 63.2 Å². The minimum atomic E-state index is 0.760. The van der Waals surface area contributed by atoms with Crippen LogP contribution in [0.3, 0.4) is 0 Å². The standard InChI is InChI=1S/C26H27N5O/c1-19(27-12-11-20-5-3-2-4-6-20)24-9-10-26(30-29-24)22-7-8-25-23(22)17-21(18-28-25)31-13-15-32-16-14-31/h2-7,9-10,17-18,27H,1,8,11-16H2. The van der Waals surface area contributed by atoms with Crippen molar-refractivity contribution in [2.24, 2.45) is 0 Å². The first-order valence-electron chi connectivity index (χ1n) is 11.1. The Bertz CT molecular complexity index is 1120. The summed E-state index contributed by atoms with van der Waals surface area (Å²) in [6.45, 7) is 8.25. The van der Waals surface area contributed by atoms with Crippen LogP contribution in [0.5, 0.6) is 0 Å². The van der Waals surface area contributed by atoms with Gasteiger partial charge in [0.1, 0.15) is 5.69 Å². The van der Waals surface area contributed by atoms with Gasteiger partial charge in [0.15, 0.2) is 0 Å². The lowest BCUT2D eigenvalue weighted by atomic mass is 10.1. The third kappa shape index (κ3) is 4.41. The molecule has 3 aromatic rings. The largest absolute Gasteiger partial charge is 0.383 e. The zero-order valence-electron chi connectivity index (χ0n) is 18.1. The molecule has 1 aromatic carbocycles. The summed E-state index contributed by atoms with van der Waals surface area (Å²) in [5.74, 6) is 0. The minimum absolute atomic E-state index is 0.760. The molecule has 1 N–H and O–H groups in total. The fourth-order valence-electron chi connectivity index (χ4n) is 4.15. The molecule has 1 fully saturated rings. The van der Waals surface area contributed by atoms with Crippen LogP contribution < -0.4 is 10.2 Å². The number of morpholine rings is 1. The van der Waals surface area contributed by atoms with Crippen LogP contribution in [0.25, 0.3) is 11.3 Å². The molecule has 1 aliphatic heterocycles. The molecule has 0 radical (unpaired) electrons. The van der Waals surface area contributed by atoms with Crippen molar-refractivity contribution in [2.45, 2.75) is 12.8 Å². The van der Waals surface area contributed by atoms with Gasteiger partial charge < -0.3 is 15.0 Å². The maximum atomic E-state index is 5.48. The number of anilines is 1. The quantitative estimate of drug-likeness (QED) is 0.625. The number of aromatic nitrogens is 3. The van der Waals surface area contributed by atoms with E-state index in [2.05, 4.69) is 63.4 Å². The molecule has 0 unspecified atom stereocenters. The Hall–Kier alpha value is -3.51. The first-order chi connectivity index (χ1) is 15.8. The minimum Gasteiger partial charge on any atom is -0.383 e. The van der Waals surface area contributed by atoms with E-state index in [-0.39, 0.29) is 0 Å². The summed E-state index contributed by atoms with van der Waals surface area (Å²) >= 11 is 0. The summed E-state index contributed by atoms with van der Waals surface area (Å²) < 4.78 is 5.48. The van der Waals surface area contributed by atoms with Crippen LogP contribution in [0.1, 0.15) is 28.2 Å². The Morgan fingerprint density at radius 3 is 2.69 bits per heavy atom. The third-order valence-electron chi connectivity index (χ3n) is 5.97.